The molecule has 0 heterocycles. The van der Waals surface area contributed by atoms with Crippen molar-refractivity contribution < 1.29 is 24.0 Å². The highest BCUT2D eigenvalue weighted by Gasteiger charge is 2.17. The van der Waals surface area contributed by atoms with Gasteiger partial charge in [-0.05, 0) is 24.0 Å². The third kappa shape index (κ3) is 3.05. The van der Waals surface area contributed by atoms with E-state index in [0.29, 0.717) is 6.42 Å². The van der Waals surface area contributed by atoms with Crippen molar-refractivity contribution in [1.29, 1.82) is 0 Å². The fraction of sp³-hybridized carbons (Fsp3) is 0.300. The molecule has 0 bridgehead atoms. The first-order chi connectivity index (χ1) is 7.56. The second kappa shape index (κ2) is 5.62. The lowest BCUT2D eigenvalue weighted by molar-refractivity contribution is 0.0500. The summed E-state index contributed by atoms with van der Waals surface area (Å²) in [5, 5.41) is 17.6. The summed E-state index contributed by atoms with van der Waals surface area (Å²) in [6, 6.07) is 3.32. The molecule has 4 nitrogen and oxygen atoms in total. The summed E-state index contributed by atoms with van der Waals surface area (Å²) in [6.07, 6.45) is 0.654. The van der Waals surface area contributed by atoms with Crippen molar-refractivity contribution in [1.82, 2.24) is 0 Å². The Labute approximate surface area is 92.8 Å². The van der Waals surface area contributed by atoms with Gasteiger partial charge in [-0.3, -0.25) is 0 Å². The average molecular weight is 226 g/mol. The lowest BCUT2D eigenvalue weighted by atomic mass is 9.80. The van der Waals surface area contributed by atoms with Crippen molar-refractivity contribution in [3.05, 3.63) is 29.6 Å². The van der Waals surface area contributed by atoms with Crippen LogP contribution >= 0.6 is 0 Å². The topological polar surface area (TPSA) is 66.8 Å². The van der Waals surface area contributed by atoms with E-state index < -0.39 is 18.9 Å². The smallest absolute Gasteiger partial charge is 0.462 e. The molecule has 16 heavy (non-hydrogen) atoms. The number of rotatable bonds is 4. The van der Waals surface area contributed by atoms with Gasteiger partial charge in [0.1, 0.15) is 5.82 Å². The summed E-state index contributed by atoms with van der Waals surface area (Å²) >= 11 is 0. The number of carbonyl (C=O) groups excluding carboxylic acids is 1. The molecule has 0 aliphatic rings. The molecule has 0 saturated heterocycles. The maximum atomic E-state index is 13.4. The van der Waals surface area contributed by atoms with Crippen LogP contribution < -0.4 is 5.46 Å². The number of ether oxygens (including phenoxy) is 1. The highest BCUT2D eigenvalue weighted by molar-refractivity contribution is 6.58. The van der Waals surface area contributed by atoms with Crippen molar-refractivity contribution in [2.45, 2.75) is 13.3 Å². The van der Waals surface area contributed by atoms with Crippen molar-refractivity contribution in [2.75, 3.05) is 6.61 Å². The van der Waals surface area contributed by atoms with Crippen LogP contribution in [0.3, 0.4) is 0 Å². The standard InChI is InChI=1S/C10H12BFO4/c1-2-5-16-10(13)8-4-3-7(11(14)15)6-9(8)12/h3-4,6,14-15H,2,5H2,1H3. The van der Waals surface area contributed by atoms with E-state index in [0.717, 1.165) is 6.07 Å². The molecule has 0 atom stereocenters. The van der Waals surface area contributed by atoms with Crippen LogP contribution in [0.4, 0.5) is 4.39 Å². The van der Waals surface area contributed by atoms with Crippen LogP contribution in [0.25, 0.3) is 0 Å². The monoisotopic (exact) mass is 226 g/mol. The molecule has 0 spiro atoms. The number of halogens is 1. The van der Waals surface area contributed by atoms with Gasteiger partial charge in [0.2, 0.25) is 0 Å². The van der Waals surface area contributed by atoms with Gasteiger partial charge in [-0.25, -0.2) is 9.18 Å². The zero-order chi connectivity index (χ0) is 12.1. The molecule has 0 aliphatic heterocycles. The van der Waals surface area contributed by atoms with E-state index >= 15 is 0 Å². The summed E-state index contributed by atoms with van der Waals surface area (Å²) in [6.45, 7) is 2.05. The van der Waals surface area contributed by atoms with Gasteiger partial charge in [-0.1, -0.05) is 13.0 Å². The van der Waals surface area contributed by atoms with E-state index in [2.05, 4.69) is 0 Å². The van der Waals surface area contributed by atoms with E-state index in [-0.39, 0.29) is 17.6 Å². The molecule has 2 N–H and O–H groups in total. The minimum atomic E-state index is -1.75. The molecule has 0 aromatic heterocycles. The second-order valence-corrected chi connectivity index (χ2v) is 3.25. The number of hydrogen-bond acceptors (Lipinski definition) is 4. The SMILES string of the molecule is CCCOC(=O)c1ccc(B(O)O)cc1F. The Morgan fingerprint density at radius 3 is 2.69 bits per heavy atom. The van der Waals surface area contributed by atoms with Gasteiger partial charge in [0, 0.05) is 0 Å². The molecule has 86 valence electrons. The first-order valence-electron chi connectivity index (χ1n) is 4.89. The lowest BCUT2D eigenvalue weighted by Gasteiger charge is -2.05. The summed E-state index contributed by atoms with van der Waals surface area (Å²) in [7, 11) is -1.75. The Morgan fingerprint density at radius 1 is 1.50 bits per heavy atom. The van der Waals surface area contributed by atoms with Crippen molar-refractivity contribution in [3.63, 3.8) is 0 Å². The third-order valence-electron chi connectivity index (χ3n) is 1.95. The maximum absolute atomic E-state index is 13.4. The Morgan fingerprint density at radius 2 is 2.19 bits per heavy atom. The van der Waals surface area contributed by atoms with Crippen molar-refractivity contribution in [3.8, 4) is 0 Å². The third-order valence-corrected chi connectivity index (χ3v) is 1.95. The lowest BCUT2D eigenvalue weighted by Crippen LogP contribution is -2.30. The highest BCUT2D eigenvalue weighted by Crippen LogP contribution is 2.07. The number of carbonyl (C=O) groups is 1. The highest BCUT2D eigenvalue weighted by atomic mass is 19.1. The minimum Gasteiger partial charge on any atom is -0.462 e. The first kappa shape index (κ1) is 12.7. The molecule has 0 unspecified atom stereocenters. The summed E-state index contributed by atoms with van der Waals surface area (Å²) in [5.74, 6) is -1.58. The minimum absolute atomic E-state index is 0.00968. The average Bonchev–Trinajstić information content (AvgIpc) is 2.25. The van der Waals surface area contributed by atoms with E-state index in [4.69, 9.17) is 14.8 Å². The molecule has 0 fully saturated rings. The van der Waals surface area contributed by atoms with Crippen LogP contribution in [-0.2, 0) is 4.74 Å². The molecule has 0 aliphatic carbocycles. The van der Waals surface area contributed by atoms with Crippen LogP contribution in [-0.4, -0.2) is 29.7 Å². The Kier molecular flexibility index (Phi) is 4.45. The van der Waals surface area contributed by atoms with Gasteiger partial charge in [0.05, 0.1) is 12.2 Å². The number of benzene rings is 1. The van der Waals surface area contributed by atoms with Crippen LogP contribution in [0.5, 0.6) is 0 Å². The molecule has 0 radical (unpaired) electrons. The van der Waals surface area contributed by atoms with E-state index in [1.807, 2.05) is 6.92 Å². The van der Waals surface area contributed by atoms with E-state index in [1.54, 1.807) is 0 Å². The van der Waals surface area contributed by atoms with E-state index in [9.17, 15) is 9.18 Å². The number of esters is 1. The second-order valence-electron chi connectivity index (χ2n) is 3.25. The fourth-order valence-corrected chi connectivity index (χ4v) is 1.13. The molecular weight excluding hydrogens is 214 g/mol. The Balaban J connectivity index is 2.86. The van der Waals surface area contributed by atoms with Gasteiger partial charge in [-0.2, -0.15) is 0 Å². The normalized spacial score (nSPS) is 10.0. The Hall–Kier alpha value is -1.40. The molecular formula is C10H12BFO4. The van der Waals surface area contributed by atoms with Crippen molar-refractivity contribution >= 4 is 18.6 Å². The van der Waals surface area contributed by atoms with Crippen LogP contribution in [0.2, 0.25) is 0 Å². The summed E-state index contributed by atoms with van der Waals surface area (Å²) < 4.78 is 18.1. The quantitative estimate of drug-likeness (QED) is 0.563. The van der Waals surface area contributed by atoms with Gasteiger partial charge in [0.25, 0.3) is 0 Å². The summed E-state index contributed by atoms with van der Waals surface area (Å²) in [5.41, 5.74) is -0.220. The molecule has 1 aromatic rings. The van der Waals surface area contributed by atoms with Gasteiger partial charge in [-0.15, -0.1) is 0 Å². The summed E-state index contributed by atoms with van der Waals surface area (Å²) in [4.78, 5) is 11.3. The maximum Gasteiger partial charge on any atom is 0.488 e. The zero-order valence-corrected chi connectivity index (χ0v) is 8.81. The van der Waals surface area contributed by atoms with Gasteiger partial charge in [0.15, 0.2) is 0 Å². The number of hydrogen-bond donors (Lipinski definition) is 2. The largest absolute Gasteiger partial charge is 0.488 e. The van der Waals surface area contributed by atoms with Crippen LogP contribution in [0.15, 0.2) is 18.2 Å². The van der Waals surface area contributed by atoms with E-state index in [1.165, 1.54) is 12.1 Å². The molecule has 0 amide bonds. The molecule has 6 heteroatoms. The molecule has 1 rings (SSSR count). The predicted octanol–water partition coefficient (Wildman–Crippen LogP) is 0.0723. The molecule has 1 aromatic carbocycles. The van der Waals surface area contributed by atoms with Crippen LogP contribution in [0, 0.1) is 5.82 Å². The molecule has 0 saturated carbocycles. The van der Waals surface area contributed by atoms with Gasteiger partial charge < -0.3 is 14.8 Å². The van der Waals surface area contributed by atoms with Crippen LogP contribution in [0.1, 0.15) is 23.7 Å². The van der Waals surface area contributed by atoms with Gasteiger partial charge >= 0.3 is 13.1 Å². The fourth-order valence-electron chi connectivity index (χ4n) is 1.13. The predicted molar refractivity (Wildman–Crippen MR) is 56.8 cm³/mol. The first-order valence-corrected chi connectivity index (χ1v) is 4.89. The van der Waals surface area contributed by atoms with Crippen molar-refractivity contribution in [2.24, 2.45) is 0 Å². The Bertz CT molecular complexity index is 381. The zero-order valence-electron chi connectivity index (χ0n) is 8.81.